The molecule has 100 valence electrons. The van der Waals surface area contributed by atoms with Crippen molar-refractivity contribution in [3.8, 4) is 0 Å². The van der Waals surface area contributed by atoms with E-state index in [1.54, 1.807) is 6.20 Å². The fourth-order valence-electron chi connectivity index (χ4n) is 2.29. The second kappa shape index (κ2) is 5.57. The highest BCUT2D eigenvalue weighted by Gasteiger charge is 2.18. The van der Waals surface area contributed by atoms with Gasteiger partial charge in [-0.1, -0.05) is 6.92 Å². The lowest BCUT2D eigenvalue weighted by Gasteiger charge is -2.27. The van der Waals surface area contributed by atoms with E-state index in [1.807, 2.05) is 17.5 Å². The second-order valence-corrected chi connectivity index (χ2v) is 5.73. The van der Waals surface area contributed by atoms with E-state index in [1.165, 1.54) is 10.4 Å². The second-order valence-electron chi connectivity index (χ2n) is 4.73. The zero-order valence-electron chi connectivity index (χ0n) is 11.1. The summed E-state index contributed by atoms with van der Waals surface area (Å²) in [4.78, 5) is 12.8. The van der Waals surface area contributed by atoms with Gasteiger partial charge in [-0.2, -0.15) is 0 Å². The van der Waals surface area contributed by atoms with Crippen LogP contribution in [0.5, 0.6) is 0 Å². The van der Waals surface area contributed by atoms with E-state index in [4.69, 9.17) is 0 Å². The van der Waals surface area contributed by atoms with Crippen LogP contribution in [0.2, 0.25) is 0 Å². The van der Waals surface area contributed by atoms with Crippen LogP contribution in [0.15, 0.2) is 23.8 Å². The first-order valence-electron chi connectivity index (χ1n) is 6.73. The van der Waals surface area contributed by atoms with Gasteiger partial charge >= 0.3 is 0 Å². The van der Waals surface area contributed by atoms with Crippen molar-refractivity contribution in [3.63, 3.8) is 0 Å². The van der Waals surface area contributed by atoms with Crippen LogP contribution in [0, 0.1) is 0 Å². The number of hydrogen-bond acceptors (Lipinski definition) is 5. The molecule has 5 heteroatoms. The maximum atomic E-state index is 4.65. The van der Waals surface area contributed by atoms with Crippen LogP contribution < -0.4 is 10.2 Å². The number of thiophene rings is 1. The molecule has 3 heterocycles. The Morgan fingerprint density at radius 3 is 3.26 bits per heavy atom. The minimum Gasteiger partial charge on any atom is -0.369 e. The summed E-state index contributed by atoms with van der Waals surface area (Å²) in [6, 6.07) is 2.22. The zero-order chi connectivity index (χ0) is 13.1. The van der Waals surface area contributed by atoms with Crippen molar-refractivity contribution < 1.29 is 0 Å². The summed E-state index contributed by atoms with van der Waals surface area (Å²) in [5, 5.41) is 5.47. The van der Waals surface area contributed by atoms with Crippen molar-refractivity contribution in [2.45, 2.75) is 26.3 Å². The SMILES string of the molecule is CCCNc1cncc(N2CCc3sccc3C2)n1. The maximum Gasteiger partial charge on any atom is 0.149 e. The van der Waals surface area contributed by atoms with Crippen LogP contribution in [0.25, 0.3) is 0 Å². The largest absolute Gasteiger partial charge is 0.369 e. The molecule has 19 heavy (non-hydrogen) atoms. The molecule has 0 aromatic carbocycles. The highest BCUT2D eigenvalue weighted by Crippen LogP contribution is 2.26. The van der Waals surface area contributed by atoms with E-state index in [0.29, 0.717) is 0 Å². The fourth-order valence-corrected chi connectivity index (χ4v) is 3.18. The topological polar surface area (TPSA) is 41.1 Å². The molecule has 0 fully saturated rings. The Morgan fingerprint density at radius 2 is 2.37 bits per heavy atom. The van der Waals surface area contributed by atoms with Gasteiger partial charge in [-0.25, -0.2) is 4.98 Å². The van der Waals surface area contributed by atoms with E-state index >= 15 is 0 Å². The molecule has 0 radical (unpaired) electrons. The first kappa shape index (κ1) is 12.4. The Hall–Kier alpha value is -1.62. The number of fused-ring (bicyclic) bond motifs is 1. The summed E-state index contributed by atoms with van der Waals surface area (Å²) in [7, 11) is 0. The number of rotatable bonds is 4. The van der Waals surface area contributed by atoms with Crippen molar-refractivity contribution in [2.75, 3.05) is 23.3 Å². The lowest BCUT2D eigenvalue weighted by atomic mass is 10.1. The van der Waals surface area contributed by atoms with Crippen LogP contribution >= 0.6 is 11.3 Å². The monoisotopic (exact) mass is 274 g/mol. The molecule has 0 bridgehead atoms. The van der Waals surface area contributed by atoms with Crippen molar-refractivity contribution in [1.82, 2.24) is 9.97 Å². The van der Waals surface area contributed by atoms with Crippen molar-refractivity contribution in [3.05, 3.63) is 34.3 Å². The maximum absolute atomic E-state index is 4.65. The smallest absolute Gasteiger partial charge is 0.149 e. The molecule has 0 saturated carbocycles. The van der Waals surface area contributed by atoms with E-state index < -0.39 is 0 Å². The first-order valence-corrected chi connectivity index (χ1v) is 7.61. The minimum absolute atomic E-state index is 0.871. The van der Waals surface area contributed by atoms with Gasteiger partial charge in [-0.3, -0.25) is 4.98 Å². The Kier molecular flexibility index (Phi) is 3.64. The third kappa shape index (κ3) is 2.71. The summed E-state index contributed by atoms with van der Waals surface area (Å²) < 4.78 is 0. The molecule has 2 aromatic heterocycles. The molecule has 0 amide bonds. The Bertz CT molecular complexity index is 552. The van der Waals surface area contributed by atoms with E-state index in [2.05, 4.69) is 38.6 Å². The lowest BCUT2D eigenvalue weighted by Crippen LogP contribution is -2.30. The van der Waals surface area contributed by atoms with E-state index in [-0.39, 0.29) is 0 Å². The summed E-state index contributed by atoms with van der Waals surface area (Å²) in [5.74, 6) is 1.84. The average molecular weight is 274 g/mol. The zero-order valence-corrected chi connectivity index (χ0v) is 11.9. The Balaban J connectivity index is 1.76. The number of nitrogens with one attached hydrogen (secondary N) is 1. The average Bonchev–Trinajstić information content (AvgIpc) is 2.92. The van der Waals surface area contributed by atoms with Gasteiger partial charge < -0.3 is 10.2 Å². The van der Waals surface area contributed by atoms with E-state index in [9.17, 15) is 0 Å². The fraction of sp³-hybridized carbons (Fsp3) is 0.429. The lowest BCUT2D eigenvalue weighted by molar-refractivity contribution is 0.729. The minimum atomic E-state index is 0.871. The van der Waals surface area contributed by atoms with Crippen LogP contribution in [-0.2, 0) is 13.0 Å². The van der Waals surface area contributed by atoms with Crippen LogP contribution in [0.3, 0.4) is 0 Å². The molecule has 3 rings (SSSR count). The highest BCUT2D eigenvalue weighted by atomic mass is 32.1. The molecule has 0 atom stereocenters. The number of anilines is 2. The summed E-state index contributed by atoms with van der Waals surface area (Å²) >= 11 is 1.86. The summed E-state index contributed by atoms with van der Waals surface area (Å²) in [6.07, 6.45) is 5.85. The third-order valence-electron chi connectivity index (χ3n) is 3.31. The molecule has 0 saturated heterocycles. The molecule has 0 aliphatic carbocycles. The Labute approximate surface area is 117 Å². The molecule has 2 aromatic rings. The normalized spacial score (nSPS) is 14.3. The molecular weight excluding hydrogens is 256 g/mol. The number of hydrogen-bond donors (Lipinski definition) is 1. The molecule has 4 nitrogen and oxygen atoms in total. The van der Waals surface area contributed by atoms with Gasteiger partial charge in [-0.05, 0) is 29.9 Å². The van der Waals surface area contributed by atoms with E-state index in [0.717, 1.165) is 44.1 Å². The Morgan fingerprint density at radius 1 is 1.42 bits per heavy atom. The van der Waals surface area contributed by atoms with Gasteiger partial charge in [0.1, 0.15) is 11.6 Å². The molecular formula is C14H18N4S. The van der Waals surface area contributed by atoms with Gasteiger partial charge in [0.25, 0.3) is 0 Å². The van der Waals surface area contributed by atoms with Crippen molar-refractivity contribution >= 4 is 23.0 Å². The number of nitrogens with zero attached hydrogens (tertiary/aromatic N) is 3. The van der Waals surface area contributed by atoms with Crippen LogP contribution in [0.1, 0.15) is 23.8 Å². The van der Waals surface area contributed by atoms with Gasteiger partial charge in [0.05, 0.1) is 12.4 Å². The van der Waals surface area contributed by atoms with Crippen LogP contribution in [0.4, 0.5) is 11.6 Å². The van der Waals surface area contributed by atoms with Crippen molar-refractivity contribution in [2.24, 2.45) is 0 Å². The van der Waals surface area contributed by atoms with Crippen molar-refractivity contribution in [1.29, 1.82) is 0 Å². The van der Waals surface area contributed by atoms with Gasteiger partial charge in [0.2, 0.25) is 0 Å². The molecule has 1 aliphatic rings. The number of aromatic nitrogens is 2. The standard InChI is InChI=1S/C14H18N4S/c1-2-5-16-13-8-15-9-14(17-13)18-6-3-12-11(10-18)4-7-19-12/h4,7-9H,2-3,5-6,10H2,1H3,(H,16,17). The van der Waals surface area contributed by atoms with Gasteiger partial charge in [0.15, 0.2) is 0 Å². The van der Waals surface area contributed by atoms with Crippen LogP contribution in [-0.4, -0.2) is 23.1 Å². The molecule has 0 spiro atoms. The first-order chi connectivity index (χ1) is 9.36. The summed E-state index contributed by atoms with van der Waals surface area (Å²) in [6.45, 7) is 5.06. The molecule has 0 unspecified atom stereocenters. The van der Waals surface area contributed by atoms with Gasteiger partial charge in [-0.15, -0.1) is 11.3 Å². The third-order valence-corrected chi connectivity index (χ3v) is 4.33. The predicted octanol–water partition coefficient (Wildman–Crippen LogP) is 2.92. The molecule has 1 aliphatic heterocycles. The molecule has 1 N–H and O–H groups in total. The summed E-state index contributed by atoms with van der Waals surface area (Å²) in [5.41, 5.74) is 1.44. The predicted molar refractivity (Wildman–Crippen MR) is 79.9 cm³/mol. The highest BCUT2D eigenvalue weighted by molar-refractivity contribution is 7.10. The quantitative estimate of drug-likeness (QED) is 0.930. The van der Waals surface area contributed by atoms with Gasteiger partial charge in [0, 0.05) is 24.5 Å².